The molecule has 0 radical (unpaired) electrons. The third-order valence-corrected chi connectivity index (χ3v) is 9.67. The van der Waals surface area contributed by atoms with Crippen molar-refractivity contribution in [2.45, 2.75) is 0 Å². The fourth-order valence-electron chi connectivity index (χ4n) is 6.96. The molecule has 1 heterocycles. The van der Waals surface area contributed by atoms with E-state index in [-0.39, 0.29) is 5.84 Å². The molecule has 0 atom stereocenters. The zero-order valence-corrected chi connectivity index (χ0v) is 28.8. The smallest absolute Gasteiger partial charge is 0.161 e. The van der Waals surface area contributed by atoms with Crippen LogP contribution in [0.1, 0.15) is 16.7 Å². The third-order valence-electron chi connectivity index (χ3n) is 9.67. The second-order valence-corrected chi connectivity index (χ2v) is 13.0. The van der Waals surface area contributed by atoms with Crippen LogP contribution in [0, 0.1) is 5.41 Å². The molecule has 0 amide bonds. The summed E-state index contributed by atoms with van der Waals surface area (Å²) < 4.78 is 6.28. The lowest BCUT2D eigenvalue weighted by atomic mass is 9.93. The van der Waals surface area contributed by atoms with Crippen LogP contribution in [-0.4, -0.2) is 17.9 Å². The van der Waals surface area contributed by atoms with E-state index in [1.807, 2.05) is 109 Å². The van der Waals surface area contributed by atoms with E-state index >= 15 is 0 Å². The molecule has 1 aromatic heterocycles. The van der Waals surface area contributed by atoms with Crippen LogP contribution in [0.4, 0.5) is 0 Å². The first-order chi connectivity index (χ1) is 26.2. The molecule has 250 valence electrons. The fraction of sp³-hybridized carbons (Fsp3) is 0. The molecule has 0 aliphatic heterocycles. The number of benzene rings is 8. The molecule has 0 fully saturated rings. The Morgan fingerprint density at radius 3 is 1.70 bits per heavy atom. The molecule has 0 saturated heterocycles. The van der Waals surface area contributed by atoms with Crippen molar-refractivity contribution < 1.29 is 4.42 Å². The maximum Gasteiger partial charge on any atom is 0.161 e. The SMILES string of the molecule is N=C(N=C(N=Cc1cc2ccccc2cc1-c1cccc2oc3ccccc3c12)c1ccc(-c2ccccc2)cc1)c1ccc(-c2ccccc2)cc1. The molecule has 0 bridgehead atoms. The summed E-state index contributed by atoms with van der Waals surface area (Å²) in [7, 11) is 0. The van der Waals surface area contributed by atoms with Crippen LogP contribution in [0.3, 0.4) is 0 Å². The number of amidine groups is 2. The van der Waals surface area contributed by atoms with E-state index in [2.05, 4.69) is 84.9 Å². The predicted molar refractivity (Wildman–Crippen MR) is 221 cm³/mol. The Bertz CT molecular complexity index is 2810. The van der Waals surface area contributed by atoms with Crippen LogP contribution in [0.2, 0.25) is 0 Å². The summed E-state index contributed by atoms with van der Waals surface area (Å²) in [4.78, 5) is 9.95. The van der Waals surface area contributed by atoms with Gasteiger partial charge >= 0.3 is 0 Å². The molecule has 0 saturated carbocycles. The summed E-state index contributed by atoms with van der Waals surface area (Å²) in [5, 5.41) is 13.5. The lowest BCUT2D eigenvalue weighted by Crippen LogP contribution is -2.05. The van der Waals surface area contributed by atoms with Gasteiger partial charge in [0.05, 0.1) is 0 Å². The lowest BCUT2D eigenvalue weighted by molar-refractivity contribution is 0.669. The standard InChI is InChI=1S/C49H33N3O/c50-48(37-26-22-35(23-27-37)33-12-3-1-4-13-33)52-49(38-28-24-36(25-29-38)34-14-5-2-6-15-34)51-32-41-30-39-16-7-8-17-40(39)31-44(41)42-19-11-21-46-47(42)43-18-9-10-20-45(43)53-46/h1-32,50H. The normalized spacial score (nSPS) is 11.9. The van der Waals surface area contributed by atoms with Gasteiger partial charge < -0.3 is 4.42 Å². The van der Waals surface area contributed by atoms with Crippen molar-refractivity contribution in [3.05, 3.63) is 205 Å². The molecule has 4 heteroatoms. The minimum atomic E-state index is 0.136. The van der Waals surface area contributed by atoms with Gasteiger partial charge in [-0.15, -0.1) is 0 Å². The number of para-hydroxylation sites is 1. The largest absolute Gasteiger partial charge is 0.456 e. The van der Waals surface area contributed by atoms with E-state index in [1.165, 1.54) is 0 Å². The van der Waals surface area contributed by atoms with Gasteiger partial charge in [0.15, 0.2) is 11.7 Å². The van der Waals surface area contributed by atoms with Crippen molar-refractivity contribution >= 4 is 50.6 Å². The molecule has 53 heavy (non-hydrogen) atoms. The van der Waals surface area contributed by atoms with Gasteiger partial charge in [-0.25, -0.2) is 9.98 Å². The fourth-order valence-corrected chi connectivity index (χ4v) is 6.96. The van der Waals surface area contributed by atoms with Crippen molar-refractivity contribution in [1.29, 1.82) is 5.41 Å². The minimum absolute atomic E-state index is 0.136. The number of nitrogens with zero attached hydrogens (tertiary/aromatic N) is 2. The molecule has 0 spiro atoms. The van der Waals surface area contributed by atoms with Gasteiger partial charge in [-0.2, -0.15) is 0 Å². The van der Waals surface area contributed by atoms with Crippen molar-refractivity contribution in [3.8, 4) is 33.4 Å². The number of aliphatic imine (C=N–C) groups is 2. The first kappa shape index (κ1) is 31.8. The molecule has 0 aliphatic rings. The van der Waals surface area contributed by atoms with Gasteiger partial charge in [-0.1, -0.05) is 164 Å². The average Bonchev–Trinajstić information content (AvgIpc) is 3.62. The van der Waals surface area contributed by atoms with Gasteiger partial charge in [-0.05, 0) is 68.4 Å². The zero-order chi connectivity index (χ0) is 35.6. The number of hydrogen-bond donors (Lipinski definition) is 1. The number of rotatable bonds is 6. The number of fused-ring (bicyclic) bond motifs is 4. The van der Waals surface area contributed by atoms with E-state index < -0.39 is 0 Å². The van der Waals surface area contributed by atoms with Crippen LogP contribution < -0.4 is 0 Å². The average molecular weight is 680 g/mol. The highest BCUT2D eigenvalue weighted by Gasteiger charge is 2.16. The van der Waals surface area contributed by atoms with Gasteiger partial charge in [0, 0.05) is 33.7 Å². The van der Waals surface area contributed by atoms with Crippen molar-refractivity contribution in [1.82, 2.24) is 0 Å². The topological polar surface area (TPSA) is 61.7 Å². The van der Waals surface area contributed by atoms with Crippen molar-refractivity contribution in [2.75, 3.05) is 0 Å². The van der Waals surface area contributed by atoms with Crippen LogP contribution >= 0.6 is 0 Å². The summed E-state index contributed by atoms with van der Waals surface area (Å²) >= 11 is 0. The highest BCUT2D eigenvalue weighted by molar-refractivity contribution is 6.17. The Kier molecular flexibility index (Phi) is 8.31. The van der Waals surface area contributed by atoms with Gasteiger partial charge in [0.25, 0.3) is 0 Å². The highest BCUT2D eigenvalue weighted by Crippen LogP contribution is 2.39. The summed E-state index contributed by atoms with van der Waals surface area (Å²) in [6.07, 6.45) is 1.89. The quantitative estimate of drug-likeness (QED) is 0.138. The second-order valence-electron chi connectivity index (χ2n) is 13.0. The van der Waals surface area contributed by atoms with Crippen LogP contribution in [0.5, 0.6) is 0 Å². The molecular weight excluding hydrogens is 647 g/mol. The Labute approximate surface area is 307 Å². The molecule has 0 unspecified atom stereocenters. The Hall–Kier alpha value is -7.17. The predicted octanol–water partition coefficient (Wildman–Crippen LogP) is 12.6. The first-order valence-corrected chi connectivity index (χ1v) is 17.6. The summed E-state index contributed by atoms with van der Waals surface area (Å²) in [5.74, 6) is 0.588. The Morgan fingerprint density at radius 1 is 0.472 bits per heavy atom. The maximum absolute atomic E-state index is 9.11. The molecule has 9 aromatic rings. The van der Waals surface area contributed by atoms with E-state index in [0.29, 0.717) is 11.4 Å². The van der Waals surface area contributed by atoms with Gasteiger partial charge in [0.2, 0.25) is 0 Å². The summed E-state index contributed by atoms with van der Waals surface area (Å²) in [5.41, 5.74) is 10.7. The van der Waals surface area contributed by atoms with Gasteiger partial charge in [0.1, 0.15) is 11.2 Å². The molecule has 8 aromatic carbocycles. The van der Waals surface area contributed by atoms with Crippen LogP contribution in [0.15, 0.2) is 202 Å². The minimum Gasteiger partial charge on any atom is -0.456 e. The molecule has 4 nitrogen and oxygen atoms in total. The van der Waals surface area contributed by atoms with E-state index in [0.717, 1.165) is 77.2 Å². The van der Waals surface area contributed by atoms with Crippen LogP contribution in [-0.2, 0) is 0 Å². The highest BCUT2D eigenvalue weighted by atomic mass is 16.3. The molecule has 9 rings (SSSR count). The number of hydrogen-bond acceptors (Lipinski definition) is 2. The van der Waals surface area contributed by atoms with E-state index in [9.17, 15) is 0 Å². The van der Waals surface area contributed by atoms with E-state index in [4.69, 9.17) is 19.8 Å². The van der Waals surface area contributed by atoms with E-state index in [1.54, 1.807) is 0 Å². The maximum atomic E-state index is 9.11. The van der Waals surface area contributed by atoms with Gasteiger partial charge in [-0.3, -0.25) is 5.41 Å². The third kappa shape index (κ3) is 6.35. The second kappa shape index (κ2) is 13.9. The summed E-state index contributed by atoms with van der Waals surface area (Å²) in [6, 6.07) is 63.9. The van der Waals surface area contributed by atoms with Crippen LogP contribution in [0.25, 0.3) is 66.1 Å². The molecule has 1 N–H and O–H groups in total. The lowest BCUT2D eigenvalue weighted by Gasteiger charge is -2.11. The van der Waals surface area contributed by atoms with Crippen molar-refractivity contribution in [3.63, 3.8) is 0 Å². The number of furan rings is 1. The first-order valence-electron chi connectivity index (χ1n) is 17.6. The molecule has 0 aliphatic carbocycles. The number of nitrogens with one attached hydrogen (secondary N) is 1. The monoisotopic (exact) mass is 679 g/mol. The molecular formula is C49H33N3O. The Balaban J connectivity index is 1.16. The summed E-state index contributed by atoms with van der Waals surface area (Å²) in [6.45, 7) is 0. The zero-order valence-electron chi connectivity index (χ0n) is 28.8. The Morgan fingerprint density at radius 2 is 1.02 bits per heavy atom. The van der Waals surface area contributed by atoms with Crippen molar-refractivity contribution in [2.24, 2.45) is 9.98 Å².